The zero-order valence-corrected chi connectivity index (χ0v) is 12.9. The Hall–Kier alpha value is -2.51. The van der Waals surface area contributed by atoms with Crippen LogP contribution in [-0.4, -0.2) is 15.8 Å². The fourth-order valence-corrected chi connectivity index (χ4v) is 2.81. The number of alkyl halides is 3. The lowest BCUT2D eigenvalue weighted by atomic mass is 10.1. The first-order valence-electron chi connectivity index (χ1n) is 7.70. The third-order valence-electron chi connectivity index (χ3n) is 3.99. The van der Waals surface area contributed by atoms with Gasteiger partial charge in [0.05, 0.1) is 17.4 Å². The van der Waals surface area contributed by atoms with E-state index in [9.17, 15) is 18.0 Å². The molecule has 0 atom stereocenters. The highest BCUT2D eigenvalue weighted by Gasteiger charge is 2.33. The van der Waals surface area contributed by atoms with Crippen LogP contribution in [0.15, 0.2) is 30.5 Å². The molecule has 0 spiro atoms. The molecule has 2 N–H and O–H groups in total. The van der Waals surface area contributed by atoms with Crippen molar-refractivity contribution in [2.75, 3.05) is 5.32 Å². The molecule has 128 valence electrons. The molecule has 2 amide bonds. The molecule has 1 aromatic carbocycles. The molecule has 0 saturated heterocycles. The first kappa shape index (κ1) is 16.4. The predicted octanol–water partition coefficient (Wildman–Crippen LogP) is 3.56. The molecular formula is C16H17F3N4O. The number of nitrogens with one attached hydrogen (secondary N) is 2. The van der Waals surface area contributed by atoms with E-state index < -0.39 is 17.8 Å². The minimum absolute atomic E-state index is 0.231. The number of rotatable bonds is 3. The van der Waals surface area contributed by atoms with Crippen molar-refractivity contribution in [3.05, 3.63) is 47.3 Å². The van der Waals surface area contributed by atoms with Crippen LogP contribution in [0.2, 0.25) is 0 Å². The molecule has 3 rings (SSSR count). The number of anilines is 1. The van der Waals surface area contributed by atoms with Gasteiger partial charge in [-0.05, 0) is 31.4 Å². The first-order valence-corrected chi connectivity index (χ1v) is 7.70. The normalized spacial score (nSPS) is 14.1. The van der Waals surface area contributed by atoms with E-state index in [1.165, 1.54) is 18.2 Å². The van der Waals surface area contributed by atoms with Gasteiger partial charge in [-0.25, -0.2) is 4.79 Å². The van der Waals surface area contributed by atoms with Crippen molar-refractivity contribution in [3.8, 4) is 0 Å². The van der Waals surface area contributed by atoms with Crippen molar-refractivity contribution in [2.24, 2.45) is 0 Å². The maximum absolute atomic E-state index is 12.9. The summed E-state index contributed by atoms with van der Waals surface area (Å²) in [6.07, 6.45) is 0.232. The Bertz CT molecular complexity index is 739. The minimum Gasteiger partial charge on any atom is -0.334 e. The zero-order valence-electron chi connectivity index (χ0n) is 12.9. The number of hydrogen-bond acceptors (Lipinski definition) is 2. The number of hydrogen-bond donors (Lipinski definition) is 2. The van der Waals surface area contributed by atoms with E-state index in [2.05, 4.69) is 15.7 Å². The monoisotopic (exact) mass is 338 g/mol. The second kappa shape index (κ2) is 6.54. The molecule has 0 fully saturated rings. The van der Waals surface area contributed by atoms with Gasteiger partial charge in [0.15, 0.2) is 0 Å². The lowest BCUT2D eigenvalue weighted by molar-refractivity contribution is -0.136. The van der Waals surface area contributed by atoms with Gasteiger partial charge in [0, 0.05) is 24.3 Å². The summed E-state index contributed by atoms with van der Waals surface area (Å²) < 4.78 is 40.7. The largest absolute Gasteiger partial charge is 0.418 e. The Morgan fingerprint density at radius 2 is 2.04 bits per heavy atom. The molecule has 1 aliphatic rings. The highest BCUT2D eigenvalue weighted by atomic mass is 19.4. The van der Waals surface area contributed by atoms with E-state index in [4.69, 9.17) is 0 Å². The highest BCUT2D eigenvalue weighted by molar-refractivity contribution is 5.90. The average molecular weight is 338 g/mol. The number of carbonyl (C=O) groups excluding carboxylic acids is 1. The highest BCUT2D eigenvalue weighted by Crippen LogP contribution is 2.34. The van der Waals surface area contributed by atoms with Crippen LogP contribution in [0.4, 0.5) is 23.7 Å². The molecule has 2 aromatic rings. The van der Waals surface area contributed by atoms with Crippen molar-refractivity contribution in [1.29, 1.82) is 0 Å². The number of urea groups is 1. The van der Waals surface area contributed by atoms with Gasteiger partial charge in [0.25, 0.3) is 0 Å². The topological polar surface area (TPSA) is 59.0 Å². The van der Waals surface area contributed by atoms with E-state index in [1.54, 1.807) is 6.20 Å². The fraction of sp³-hybridized carbons (Fsp3) is 0.375. The van der Waals surface area contributed by atoms with Crippen molar-refractivity contribution in [2.45, 2.75) is 38.5 Å². The number of halogens is 3. The number of para-hydroxylation sites is 1. The molecule has 0 radical (unpaired) electrons. The number of aryl methyl sites for hydroxylation is 1. The van der Waals surface area contributed by atoms with Crippen molar-refractivity contribution in [3.63, 3.8) is 0 Å². The molecule has 0 unspecified atom stereocenters. The summed E-state index contributed by atoms with van der Waals surface area (Å²) in [6.45, 7) is 1.09. The third kappa shape index (κ3) is 3.52. The summed E-state index contributed by atoms with van der Waals surface area (Å²) in [5.41, 5.74) is 0.841. The van der Waals surface area contributed by atoms with Gasteiger partial charge in [0.1, 0.15) is 0 Å². The summed E-state index contributed by atoms with van der Waals surface area (Å²) >= 11 is 0. The molecule has 5 nitrogen and oxygen atoms in total. The van der Waals surface area contributed by atoms with Crippen LogP contribution in [0.5, 0.6) is 0 Å². The second-order valence-electron chi connectivity index (χ2n) is 5.65. The molecule has 0 bridgehead atoms. The Labute approximate surface area is 136 Å². The third-order valence-corrected chi connectivity index (χ3v) is 3.99. The number of carbonyl (C=O) groups is 1. The number of fused-ring (bicyclic) bond motifs is 1. The molecule has 1 aromatic heterocycles. The number of benzene rings is 1. The molecule has 24 heavy (non-hydrogen) atoms. The lowest BCUT2D eigenvalue weighted by Crippen LogP contribution is -2.29. The number of aromatic nitrogens is 2. The van der Waals surface area contributed by atoms with E-state index >= 15 is 0 Å². The predicted molar refractivity (Wildman–Crippen MR) is 82.5 cm³/mol. The maximum Gasteiger partial charge on any atom is 0.418 e. The molecule has 2 heterocycles. The van der Waals surface area contributed by atoms with Crippen LogP contribution in [0.1, 0.15) is 29.7 Å². The quantitative estimate of drug-likeness (QED) is 0.899. The SMILES string of the molecule is O=C(NCc1cnn2c1CCCC2)Nc1ccccc1C(F)(F)F. The molecule has 0 aliphatic carbocycles. The van der Waals surface area contributed by atoms with Gasteiger partial charge in [0.2, 0.25) is 0 Å². The van der Waals surface area contributed by atoms with E-state index in [0.29, 0.717) is 0 Å². The average Bonchev–Trinajstić information content (AvgIpc) is 2.96. The van der Waals surface area contributed by atoms with Crippen LogP contribution in [0.3, 0.4) is 0 Å². The van der Waals surface area contributed by atoms with Crippen LogP contribution in [0, 0.1) is 0 Å². The fourth-order valence-electron chi connectivity index (χ4n) is 2.81. The van der Waals surface area contributed by atoms with Gasteiger partial charge in [-0.15, -0.1) is 0 Å². The summed E-state index contributed by atoms with van der Waals surface area (Å²) in [7, 11) is 0. The van der Waals surface area contributed by atoms with Gasteiger partial charge in [-0.3, -0.25) is 4.68 Å². The first-order chi connectivity index (χ1) is 11.4. The lowest BCUT2D eigenvalue weighted by Gasteiger charge is -2.16. The van der Waals surface area contributed by atoms with Crippen molar-refractivity contribution in [1.82, 2.24) is 15.1 Å². The molecule has 0 saturated carbocycles. The summed E-state index contributed by atoms with van der Waals surface area (Å²) in [4.78, 5) is 11.9. The van der Waals surface area contributed by atoms with Crippen LogP contribution < -0.4 is 10.6 Å². The summed E-state index contributed by atoms with van der Waals surface area (Å²) in [5, 5.41) is 9.12. The summed E-state index contributed by atoms with van der Waals surface area (Å²) in [5.74, 6) is 0. The van der Waals surface area contributed by atoms with E-state index in [-0.39, 0.29) is 12.2 Å². The minimum atomic E-state index is -4.52. The number of amides is 2. The van der Waals surface area contributed by atoms with E-state index in [1.807, 2.05) is 4.68 Å². The van der Waals surface area contributed by atoms with E-state index in [0.717, 1.165) is 43.1 Å². The van der Waals surface area contributed by atoms with Crippen LogP contribution in [0.25, 0.3) is 0 Å². The van der Waals surface area contributed by atoms with Crippen LogP contribution >= 0.6 is 0 Å². The van der Waals surface area contributed by atoms with Gasteiger partial charge in [-0.2, -0.15) is 18.3 Å². The Balaban J connectivity index is 1.64. The van der Waals surface area contributed by atoms with Crippen molar-refractivity contribution >= 4 is 11.7 Å². The molecule has 8 heteroatoms. The Kier molecular flexibility index (Phi) is 4.46. The maximum atomic E-state index is 12.9. The Morgan fingerprint density at radius 1 is 1.25 bits per heavy atom. The van der Waals surface area contributed by atoms with Gasteiger partial charge >= 0.3 is 12.2 Å². The summed E-state index contributed by atoms with van der Waals surface area (Å²) in [6, 6.07) is 4.21. The van der Waals surface area contributed by atoms with Crippen LogP contribution in [-0.2, 0) is 25.7 Å². The smallest absolute Gasteiger partial charge is 0.334 e. The number of nitrogens with zero attached hydrogens (tertiary/aromatic N) is 2. The van der Waals surface area contributed by atoms with Gasteiger partial charge < -0.3 is 10.6 Å². The zero-order chi connectivity index (χ0) is 17.2. The second-order valence-corrected chi connectivity index (χ2v) is 5.65. The Morgan fingerprint density at radius 3 is 2.83 bits per heavy atom. The molecular weight excluding hydrogens is 321 g/mol. The molecule has 1 aliphatic heterocycles. The van der Waals surface area contributed by atoms with Crippen molar-refractivity contribution < 1.29 is 18.0 Å². The van der Waals surface area contributed by atoms with Gasteiger partial charge in [-0.1, -0.05) is 12.1 Å². The standard InChI is InChI=1S/C16H17F3N4O/c17-16(18,19)12-5-1-2-6-13(12)22-15(24)20-9-11-10-21-23-8-4-3-7-14(11)23/h1-2,5-6,10H,3-4,7-9H2,(H2,20,22,24).